The van der Waals surface area contributed by atoms with Crippen molar-refractivity contribution in [3.63, 3.8) is 0 Å². The molecule has 1 atom stereocenters. The molecule has 1 unspecified atom stereocenters. The van der Waals surface area contributed by atoms with E-state index in [1.165, 1.54) is 18.2 Å². The Balaban J connectivity index is 1.98. The fourth-order valence-corrected chi connectivity index (χ4v) is 3.24. The van der Waals surface area contributed by atoms with Crippen LogP contribution < -0.4 is 4.74 Å². The quantitative estimate of drug-likeness (QED) is 0.801. The van der Waals surface area contributed by atoms with Crippen molar-refractivity contribution in [2.75, 3.05) is 0 Å². The molecule has 1 aliphatic carbocycles. The first-order chi connectivity index (χ1) is 10.8. The van der Waals surface area contributed by atoms with Crippen molar-refractivity contribution < 1.29 is 22.7 Å². The van der Waals surface area contributed by atoms with Gasteiger partial charge in [-0.25, -0.2) is 0 Å². The Morgan fingerprint density at radius 2 is 2.04 bits per heavy atom. The fraction of sp³-hybridized carbons (Fsp3) is 0.412. The molecule has 6 heteroatoms. The van der Waals surface area contributed by atoms with E-state index < -0.39 is 6.36 Å². The molecule has 122 valence electrons. The molecule has 0 spiro atoms. The number of carbonyl (C=O) groups is 1. The van der Waals surface area contributed by atoms with Crippen LogP contribution in [0.4, 0.5) is 13.2 Å². The zero-order valence-corrected chi connectivity index (χ0v) is 12.6. The second-order valence-corrected chi connectivity index (χ2v) is 5.86. The van der Waals surface area contributed by atoms with Gasteiger partial charge in [0.1, 0.15) is 5.75 Å². The standard InChI is InChI=1S/C17H16F3NO2/c1-10-8-13(16-14(21-10)6-3-7-15(16)22)11-4-2-5-12(9-11)23-17(18,19)20/h2,4-5,9,13H,3,6-8H2,1H3. The third kappa shape index (κ3) is 3.46. The lowest BCUT2D eigenvalue weighted by Crippen LogP contribution is -2.23. The summed E-state index contributed by atoms with van der Waals surface area (Å²) >= 11 is 0. The number of halogens is 3. The highest BCUT2D eigenvalue weighted by Gasteiger charge is 2.34. The predicted molar refractivity (Wildman–Crippen MR) is 79.5 cm³/mol. The van der Waals surface area contributed by atoms with E-state index in [4.69, 9.17) is 0 Å². The predicted octanol–water partition coefficient (Wildman–Crippen LogP) is 4.54. The summed E-state index contributed by atoms with van der Waals surface area (Å²) < 4.78 is 41.2. The van der Waals surface area contributed by atoms with Crippen LogP contribution in [0.25, 0.3) is 0 Å². The van der Waals surface area contributed by atoms with Crippen molar-refractivity contribution in [2.45, 2.75) is 44.9 Å². The van der Waals surface area contributed by atoms with E-state index in [2.05, 4.69) is 9.73 Å². The van der Waals surface area contributed by atoms with Crippen LogP contribution in [0.3, 0.4) is 0 Å². The molecule has 3 nitrogen and oxygen atoms in total. The summed E-state index contributed by atoms with van der Waals surface area (Å²) in [5.74, 6) is -0.456. The van der Waals surface area contributed by atoms with E-state index in [1.54, 1.807) is 6.07 Å². The number of benzene rings is 1. The van der Waals surface area contributed by atoms with E-state index in [9.17, 15) is 18.0 Å². The SMILES string of the molecule is CC1=NC2=C(C(=O)CCC2)C(c2cccc(OC(F)(F)F)c2)C1. The van der Waals surface area contributed by atoms with Gasteiger partial charge in [0.25, 0.3) is 0 Å². The number of aliphatic imine (C=N–C) groups is 1. The molecule has 1 aliphatic heterocycles. The van der Waals surface area contributed by atoms with Gasteiger partial charge < -0.3 is 4.74 Å². The molecule has 1 heterocycles. The van der Waals surface area contributed by atoms with Crippen molar-refractivity contribution in [3.05, 3.63) is 41.1 Å². The Bertz CT molecular complexity index is 704. The van der Waals surface area contributed by atoms with Crippen molar-refractivity contribution in [1.29, 1.82) is 0 Å². The van der Waals surface area contributed by atoms with Gasteiger partial charge in [0, 0.05) is 29.3 Å². The summed E-state index contributed by atoms with van der Waals surface area (Å²) in [7, 11) is 0. The number of hydrogen-bond acceptors (Lipinski definition) is 3. The first kappa shape index (κ1) is 15.8. The van der Waals surface area contributed by atoms with Crippen LogP contribution in [0.5, 0.6) is 5.75 Å². The molecule has 1 aromatic rings. The number of nitrogens with zero attached hydrogens (tertiary/aromatic N) is 1. The third-order valence-corrected chi connectivity index (χ3v) is 4.10. The number of ether oxygens (including phenoxy) is 1. The number of Topliss-reactive ketones (excluding diaryl/α,β-unsaturated/α-hetero) is 1. The number of rotatable bonds is 2. The van der Waals surface area contributed by atoms with Crippen LogP contribution in [-0.2, 0) is 4.79 Å². The number of carbonyl (C=O) groups excluding carboxylic acids is 1. The number of allylic oxidation sites excluding steroid dienone is 2. The van der Waals surface area contributed by atoms with Crippen LogP contribution in [0.15, 0.2) is 40.5 Å². The van der Waals surface area contributed by atoms with Gasteiger partial charge in [-0.05, 0) is 43.9 Å². The molecular weight excluding hydrogens is 307 g/mol. The topological polar surface area (TPSA) is 38.7 Å². The minimum Gasteiger partial charge on any atom is -0.406 e. The molecule has 0 N–H and O–H groups in total. The first-order valence-electron chi connectivity index (χ1n) is 7.49. The van der Waals surface area contributed by atoms with Crippen molar-refractivity contribution in [3.8, 4) is 5.75 Å². The van der Waals surface area contributed by atoms with E-state index in [0.717, 1.165) is 24.3 Å². The number of ketones is 1. The summed E-state index contributed by atoms with van der Waals surface area (Å²) in [6.45, 7) is 1.88. The van der Waals surface area contributed by atoms with Gasteiger partial charge in [0.05, 0.1) is 0 Å². The zero-order chi connectivity index (χ0) is 16.6. The minimum atomic E-state index is -4.73. The second-order valence-electron chi connectivity index (χ2n) is 5.86. The van der Waals surface area contributed by atoms with E-state index in [-0.39, 0.29) is 17.5 Å². The Labute approximate surface area is 131 Å². The Morgan fingerprint density at radius 3 is 2.78 bits per heavy atom. The van der Waals surface area contributed by atoms with Crippen LogP contribution >= 0.6 is 0 Å². The lowest BCUT2D eigenvalue weighted by Gasteiger charge is -2.29. The minimum absolute atomic E-state index is 0.0506. The number of hydrogen-bond donors (Lipinski definition) is 0. The third-order valence-electron chi connectivity index (χ3n) is 4.10. The largest absolute Gasteiger partial charge is 0.573 e. The maximum Gasteiger partial charge on any atom is 0.573 e. The molecular formula is C17H16F3NO2. The van der Waals surface area contributed by atoms with Gasteiger partial charge in [-0.2, -0.15) is 0 Å². The van der Waals surface area contributed by atoms with Gasteiger partial charge in [-0.15, -0.1) is 13.2 Å². The Morgan fingerprint density at radius 1 is 1.26 bits per heavy atom. The molecule has 2 aliphatic rings. The molecule has 0 saturated carbocycles. The normalized spacial score (nSPS) is 21.8. The summed E-state index contributed by atoms with van der Waals surface area (Å²) in [6.07, 6.45) is -2.19. The average molecular weight is 323 g/mol. The molecule has 23 heavy (non-hydrogen) atoms. The van der Waals surface area contributed by atoms with Crippen LogP contribution in [-0.4, -0.2) is 17.9 Å². The summed E-state index contributed by atoms with van der Waals surface area (Å²) in [6, 6.07) is 5.88. The van der Waals surface area contributed by atoms with Crippen molar-refractivity contribution >= 4 is 11.5 Å². The molecule has 0 radical (unpaired) electrons. The van der Waals surface area contributed by atoms with Gasteiger partial charge >= 0.3 is 6.36 Å². The summed E-state index contributed by atoms with van der Waals surface area (Å²) in [5, 5.41) is 0. The lowest BCUT2D eigenvalue weighted by molar-refractivity contribution is -0.274. The summed E-state index contributed by atoms with van der Waals surface area (Å²) in [4.78, 5) is 16.8. The maximum atomic E-state index is 12.4. The smallest absolute Gasteiger partial charge is 0.406 e. The van der Waals surface area contributed by atoms with Crippen LogP contribution in [0.2, 0.25) is 0 Å². The molecule has 0 aromatic heterocycles. The second kappa shape index (κ2) is 5.83. The molecule has 0 fully saturated rings. The highest BCUT2D eigenvalue weighted by Crippen LogP contribution is 2.40. The maximum absolute atomic E-state index is 12.4. The Kier molecular flexibility index (Phi) is 4.00. The molecule has 0 bridgehead atoms. The molecule has 0 saturated heterocycles. The zero-order valence-electron chi connectivity index (χ0n) is 12.6. The highest BCUT2D eigenvalue weighted by atomic mass is 19.4. The Hall–Kier alpha value is -2.11. The van der Waals surface area contributed by atoms with Gasteiger partial charge in [0.2, 0.25) is 0 Å². The monoisotopic (exact) mass is 323 g/mol. The average Bonchev–Trinajstić information content (AvgIpc) is 2.45. The molecule has 3 rings (SSSR count). The van der Waals surface area contributed by atoms with E-state index in [1.807, 2.05) is 6.92 Å². The summed E-state index contributed by atoms with van der Waals surface area (Å²) in [5.41, 5.74) is 3.00. The molecule has 1 aromatic carbocycles. The number of alkyl halides is 3. The first-order valence-corrected chi connectivity index (χ1v) is 7.49. The van der Waals surface area contributed by atoms with Crippen LogP contribution in [0, 0.1) is 0 Å². The van der Waals surface area contributed by atoms with Crippen molar-refractivity contribution in [2.24, 2.45) is 4.99 Å². The highest BCUT2D eigenvalue weighted by molar-refractivity contribution is 6.01. The van der Waals surface area contributed by atoms with Gasteiger partial charge in [-0.3, -0.25) is 9.79 Å². The van der Waals surface area contributed by atoms with E-state index in [0.29, 0.717) is 24.0 Å². The van der Waals surface area contributed by atoms with Crippen molar-refractivity contribution in [1.82, 2.24) is 0 Å². The lowest BCUT2D eigenvalue weighted by atomic mass is 9.78. The molecule has 0 amide bonds. The van der Waals surface area contributed by atoms with Crippen LogP contribution in [0.1, 0.15) is 44.1 Å². The van der Waals surface area contributed by atoms with Gasteiger partial charge in [-0.1, -0.05) is 12.1 Å². The van der Waals surface area contributed by atoms with E-state index >= 15 is 0 Å². The fourth-order valence-electron chi connectivity index (χ4n) is 3.24. The van der Waals surface area contributed by atoms with Gasteiger partial charge in [0.15, 0.2) is 5.78 Å².